The van der Waals surface area contributed by atoms with Crippen molar-refractivity contribution in [1.29, 1.82) is 0 Å². The van der Waals surface area contributed by atoms with Gasteiger partial charge < -0.3 is 10.1 Å². The van der Waals surface area contributed by atoms with Crippen LogP contribution in [0.15, 0.2) is 30.5 Å². The number of benzene rings is 1. The third-order valence-electron chi connectivity index (χ3n) is 3.00. The zero-order chi connectivity index (χ0) is 14.5. The lowest BCUT2D eigenvalue weighted by molar-refractivity contribution is 0.416. The van der Waals surface area contributed by atoms with Gasteiger partial charge in [-0.3, -0.25) is 0 Å². The van der Waals surface area contributed by atoms with Crippen molar-refractivity contribution in [3.63, 3.8) is 0 Å². The Labute approximate surface area is 120 Å². The van der Waals surface area contributed by atoms with E-state index in [1.807, 2.05) is 31.2 Å². The first kappa shape index (κ1) is 14.5. The third kappa shape index (κ3) is 3.54. The second-order valence-corrected chi connectivity index (χ2v) is 5.11. The van der Waals surface area contributed by atoms with Crippen molar-refractivity contribution in [2.24, 2.45) is 0 Å². The highest BCUT2D eigenvalue weighted by molar-refractivity contribution is 5.64. The standard InChI is InChI=1S/C16H21N3O/c1-11(2)18-10-13-7-8-17-16(19-13)14-6-5-12(3)9-15(14)20-4/h5-9,11,18H,10H2,1-4H3. The van der Waals surface area contributed by atoms with Crippen molar-refractivity contribution in [2.75, 3.05) is 7.11 Å². The molecule has 0 amide bonds. The van der Waals surface area contributed by atoms with Gasteiger partial charge in [0.05, 0.1) is 18.4 Å². The highest BCUT2D eigenvalue weighted by atomic mass is 16.5. The van der Waals surface area contributed by atoms with E-state index in [-0.39, 0.29) is 0 Å². The molecule has 1 N–H and O–H groups in total. The van der Waals surface area contributed by atoms with Crippen LogP contribution in [0.5, 0.6) is 5.75 Å². The average Bonchev–Trinajstić information content (AvgIpc) is 2.45. The molecule has 106 valence electrons. The van der Waals surface area contributed by atoms with Gasteiger partial charge in [0.1, 0.15) is 5.75 Å². The van der Waals surface area contributed by atoms with E-state index in [0.29, 0.717) is 11.9 Å². The number of methoxy groups -OCH3 is 1. The molecule has 0 spiro atoms. The molecule has 20 heavy (non-hydrogen) atoms. The van der Waals surface area contributed by atoms with Gasteiger partial charge in [-0.1, -0.05) is 19.9 Å². The zero-order valence-corrected chi connectivity index (χ0v) is 12.5. The first-order chi connectivity index (χ1) is 9.60. The molecule has 0 atom stereocenters. The fourth-order valence-electron chi connectivity index (χ4n) is 1.92. The van der Waals surface area contributed by atoms with Crippen LogP contribution in [0.4, 0.5) is 0 Å². The molecule has 0 bridgehead atoms. The Kier molecular flexibility index (Phi) is 4.69. The summed E-state index contributed by atoms with van der Waals surface area (Å²) < 4.78 is 5.42. The number of hydrogen-bond donors (Lipinski definition) is 1. The summed E-state index contributed by atoms with van der Waals surface area (Å²) in [5.74, 6) is 1.50. The van der Waals surface area contributed by atoms with Gasteiger partial charge in [0, 0.05) is 18.8 Å². The second kappa shape index (κ2) is 6.48. The summed E-state index contributed by atoms with van der Waals surface area (Å²) in [6.07, 6.45) is 1.79. The second-order valence-electron chi connectivity index (χ2n) is 5.11. The highest BCUT2D eigenvalue weighted by Gasteiger charge is 2.09. The molecule has 0 aliphatic heterocycles. The van der Waals surface area contributed by atoms with Gasteiger partial charge in [0.15, 0.2) is 5.82 Å². The number of hydrogen-bond acceptors (Lipinski definition) is 4. The lowest BCUT2D eigenvalue weighted by Gasteiger charge is -2.10. The SMILES string of the molecule is COc1cc(C)ccc1-c1nccc(CNC(C)C)n1. The van der Waals surface area contributed by atoms with E-state index in [9.17, 15) is 0 Å². The van der Waals surface area contributed by atoms with Gasteiger partial charge in [-0.15, -0.1) is 0 Å². The van der Waals surface area contributed by atoms with Gasteiger partial charge in [-0.25, -0.2) is 9.97 Å². The van der Waals surface area contributed by atoms with Gasteiger partial charge >= 0.3 is 0 Å². The normalized spacial score (nSPS) is 10.8. The predicted octanol–water partition coefficient (Wildman–Crippen LogP) is 2.96. The van der Waals surface area contributed by atoms with Crippen molar-refractivity contribution >= 4 is 0 Å². The van der Waals surface area contributed by atoms with Crippen LogP contribution >= 0.6 is 0 Å². The fraction of sp³-hybridized carbons (Fsp3) is 0.375. The Morgan fingerprint density at radius 1 is 1.25 bits per heavy atom. The smallest absolute Gasteiger partial charge is 0.163 e. The van der Waals surface area contributed by atoms with E-state index < -0.39 is 0 Å². The molecule has 0 unspecified atom stereocenters. The Balaban J connectivity index is 2.31. The summed E-state index contributed by atoms with van der Waals surface area (Å²) in [7, 11) is 1.67. The molecule has 2 aromatic rings. The molecule has 0 aliphatic rings. The maximum absolute atomic E-state index is 5.42. The first-order valence-corrected chi connectivity index (χ1v) is 6.80. The Morgan fingerprint density at radius 2 is 2.05 bits per heavy atom. The van der Waals surface area contributed by atoms with Gasteiger partial charge in [0.25, 0.3) is 0 Å². The van der Waals surface area contributed by atoms with Crippen LogP contribution < -0.4 is 10.1 Å². The largest absolute Gasteiger partial charge is 0.496 e. The Hall–Kier alpha value is -1.94. The summed E-state index contributed by atoms with van der Waals surface area (Å²) in [6, 6.07) is 8.41. The molecule has 0 saturated carbocycles. The van der Waals surface area contributed by atoms with Gasteiger partial charge in [0.2, 0.25) is 0 Å². The van der Waals surface area contributed by atoms with Crippen LogP contribution in [0, 0.1) is 6.92 Å². The molecule has 1 aromatic heterocycles. The van der Waals surface area contributed by atoms with Crippen LogP contribution in [0.25, 0.3) is 11.4 Å². The van der Waals surface area contributed by atoms with Crippen molar-refractivity contribution in [2.45, 2.75) is 33.4 Å². The molecule has 4 nitrogen and oxygen atoms in total. The number of aryl methyl sites for hydroxylation is 1. The van der Waals surface area contributed by atoms with E-state index in [0.717, 1.165) is 29.1 Å². The molecule has 1 heterocycles. The number of ether oxygens (including phenoxy) is 1. The third-order valence-corrected chi connectivity index (χ3v) is 3.00. The number of nitrogens with zero attached hydrogens (tertiary/aromatic N) is 2. The summed E-state index contributed by atoms with van der Waals surface area (Å²) in [5, 5.41) is 3.36. The highest BCUT2D eigenvalue weighted by Crippen LogP contribution is 2.28. The van der Waals surface area contributed by atoms with Gasteiger partial charge in [-0.05, 0) is 30.7 Å². The first-order valence-electron chi connectivity index (χ1n) is 6.80. The topological polar surface area (TPSA) is 47.0 Å². The molecule has 0 radical (unpaired) electrons. The van der Waals surface area contributed by atoms with Crippen molar-refractivity contribution in [3.05, 3.63) is 41.7 Å². The number of nitrogens with one attached hydrogen (secondary N) is 1. The Morgan fingerprint density at radius 3 is 2.75 bits per heavy atom. The molecule has 0 saturated heterocycles. The molecule has 2 rings (SSSR count). The number of rotatable bonds is 5. The summed E-state index contributed by atoms with van der Waals surface area (Å²) >= 11 is 0. The summed E-state index contributed by atoms with van der Waals surface area (Å²) in [4.78, 5) is 8.96. The summed E-state index contributed by atoms with van der Waals surface area (Å²) in [5.41, 5.74) is 3.05. The summed E-state index contributed by atoms with van der Waals surface area (Å²) in [6.45, 7) is 7.01. The monoisotopic (exact) mass is 271 g/mol. The van der Waals surface area contributed by atoms with Gasteiger partial charge in [-0.2, -0.15) is 0 Å². The average molecular weight is 271 g/mol. The molecular formula is C16H21N3O. The van der Waals surface area contributed by atoms with Crippen LogP contribution in [0.1, 0.15) is 25.1 Å². The minimum absolute atomic E-state index is 0.433. The molecule has 1 aromatic carbocycles. The van der Waals surface area contributed by atoms with Crippen LogP contribution in [0.2, 0.25) is 0 Å². The number of aromatic nitrogens is 2. The molecule has 0 fully saturated rings. The zero-order valence-electron chi connectivity index (χ0n) is 12.5. The van der Waals surface area contributed by atoms with Crippen molar-refractivity contribution in [1.82, 2.24) is 15.3 Å². The molecule has 0 aliphatic carbocycles. The Bertz CT molecular complexity index is 582. The minimum Gasteiger partial charge on any atom is -0.496 e. The maximum atomic E-state index is 5.42. The molecule has 4 heteroatoms. The van der Waals surface area contributed by atoms with Crippen molar-refractivity contribution in [3.8, 4) is 17.1 Å². The van der Waals surface area contributed by atoms with E-state index in [1.54, 1.807) is 13.3 Å². The van der Waals surface area contributed by atoms with Crippen LogP contribution in [-0.4, -0.2) is 23.1 Å². The predicted molar refractivity (Wildman–Crippen MR) is 80.7 cm³/mol. The van der Waals surface area contributed by atoms with Crippen LogP contribution in [0.3, 0.4) is 0 Å². The maximum Gasteiger partial charge on any atom is 0.163 e. The minimum atomic E-state index is 0.433. The van der Waals surface area contributed by atoms with Crippen molar-refractivity contribution < 1.29 is 4.74 Å². The van der Waals surface area contributed by atoms with E-state index in [1.165, 1.54) is 0 Å². The lowest BCUT2D eigenvalue weighted by atomic mass is 10.1. The molecular weight excluding hydrogens is 250 g/mol. The van der Waals surface area contributed by atoms with Crippen LogP contribution in [-0.2, 0) is 6.54 Å². The van der Waals surface area contributed by atoms with E-state index in [4.69, 9.17) is 4.74 Å². The quantitative estimate of drug-likeness (QED) is 0.908. The van der Waals surface area contributed by atoms with E-state index >= 15 is 0 Å². The lowest BCUT2D eigenvalue weighted by Crippen LogP contribution is -2.22. The fourth-order valence-corrected chi connectivity index (χ4v) is 1.92. The van der Waals surface area contributed by atoms with E-state index in [2.05, 4.69) is 29.1 Å².